The highest BCUT2D eigenvalue weighted by Crippen LogP contribution is 2.20. The molecule has 8 nitrogen and oxygen atoms in total. The molecule has 0 aliphatic heterocycles. The first-order valence-electron chi connectivity index (χ1n) is 8.97. The van der Waals surface area contributed by atoms with Crippen molar-refractivity contribution in [3.8, 4) is 11.4 Å². The van der Waals surface area contributed by atoms with Gasteiger partial charge in [-0.15, -0.1) is 5.10 Å². The monoisotopic (exact) mass is 386 g/mol. The van der Waals surface area contributed by atoms with Crippen LogP contribution in [0.4, 0.5) is 0 Å². The van der Waals surface area contributed by atoms with Crippen LogP contribution in [0.15, 0.2) is 78.2 Å². The lowest BCUT2D eigenvalue weighted by Gasteiger charge is -2.07. The molecular weight excluding hydrogens is 368 g/mol. The molecular formula is C21H18N6O2. The third kappa shape index (κ3) is 4.44. The van der Waals surface area contributed by atoms with E-state index in [1.807, 2.05) is 73.7 Å². The summed E-state index contributed by atoms with van der Waals surface area (Å²) >= 11 is 0. The fourth-order valence-corrected chi connectivity index (χ4v) is 2.78. The van der Waals surface area contributed by atoms with Crippen LogP contribution >= 0.6 is 0 Å². The van der Waals surface area contributed by atoms with Gasteiger partial charge in [-0.25, -0.2) is 10.1 Å². The summed E-state index contributed by atoms with van der Waals surface area (Å²) in [6.07, 6.45) is 1.52. The minimum atomic E-state index is -0.331. The molecule has 0 saturated heterocycles. The van der Waals surface area contributed by atoms with E-state index in [2.05, 4.69) is 26.1 Å². The number of benzene rings is 3. The Morgan fingerprint density at radius 1 is 1.07 bits per heavy atom. The third-order valence-electron chi connectivity index (χ3n) is 4.34. The van der Waals surface area contributed by atoms with Crippen molar-refractivity contribution in [1.82, 2.24) is 25.6 Å². The van der Waals surface area contributed by atoms with Crippen LogP contribution in [-0.2, 0) is 4.79 Å². The standard InChI is InChI=1S/C21H18N6O2/c1-15(16-6-9-19(10-7-16)27-14-22-25-26-27)23-24-21(28)13-29-20-11-8-17-4-2-3-5-18(17)12-20/h2-12,14H,13H2,1H3,(H,24,28)/b23-15+. The Labute approximate surface area is 166 Å². The summed E-state index contributed by atoms with van der Waals surface area (Å²) in [7, 11) is 0. The van der Waals surface area contributed by atoms with E-state index in [1.54, 1.807) is 4.68 Å². The Morgan fingerprint density at radius 2 is 1.86 bits per heavy atom. The maximum Gasteiger partial charge on any atom is 0.277 e. The predicted molar refractivity (Wildman–Crippen MR) is 109 cm³/mol. The second-order valence-corrected chi connectivity index (χ2v) is 6.33. The van der Waals surface area contributed by atoms with Crippen molar-refractivity contribution in [2.45, 2.75) is 6.92 Å². The number of aromatic nitrogens is 4. The van der Waals surface area contributed by atoms with Crippen LogP contribution in [0.3, 0.4) is 0 Å². The van der Waals surface area contributed by atoms with Gasteiger partial charge in [-0.2, -0.15) is 5.10 Å². The highest BCUT2D eigenvalue weighted by molar-refractivity contribution is 5.99. The Bertz CT molecular complexity index is 1150. The van der Waals surface area contributed by atoms with E-state index in [0.29, 0.717) is 11.5 Å². The lowest BCUT2D eigenvalue weighted by molar-refractivity contribution is -0.123. The summed E-state index contributed by atoms with van der Waals surface area (Å²) in [5, 5.41) is 17.4. The van der Waals surface area contributed by atoms with E-state index < -0.39 is 0 Å². The van der Waals surface area contributed by atoms with Gasteiger partial charge in [0.15, 0.2) is 6.61 Å². The number of tetrazole rings is 1. The average Bonchev–Trinajstić information content (AvgIpc) is 3.31. The fraction of sp³-hybridized carbons (Fsp3) is 0.0952. The highest BCUT2D eigenvalue weighted by atomic mass is 16.5. The Morgan fingerprint density at radius 3 is 2.62 bits per heavy atom. The molecule has 144 valence electrons. The second kappa shape index (κ2) is 8.30. The number of ether oxygens (including phenoxy) is 1. The molecule has 1 amide bonds. The van der Waals surface area contributed by atoms with Gasteiger partial charge in [-0.05, 0) is 58.0 Å². The zero-order valence-corrected chi connectivity index (χ0v) is 15.7. The number of fused-ring (bicyclic) bond motifs is 1. The number of hydrogen-bond donors (Lipinski definition) is 1. The molecule has 8 heteroatoms. The number of hydrazone groups is 1. The second-order valence-electron chi connectivity index (χ2n) is 6.33. The maximum atomic E-state index is 12.1. The molecule has 1 N–H and O–H groups in total. The molecule has 0 unspecified atom stereocenters. The van der Waals surface area contributed by atoms with Crippen LogP contribution in [-0.4, -0.2) is 38.4 Å². The van der Waals surface area contributed by atoms with Gasteiger partial charge in [0.2, 0.25) is 0 Å². The van der Waals surface area contributed by atoms with Gasteiger partial charge in [0.25, 0.3) is 5.91 Å². The molecule has 0 aliphatic carbocycles. The van der Waals surface area contributed by atoms with E-state index in [1.165, 1.54) is 6.33 Å². The van der Waals surface area contributed by atoms with Crippen LogP contribution in [0.2, 0.25) is 0 Å². The molecule has 3 aromatic carbocycles. The summed E-state index contributed by atoms with van der Waals surface area (Å²) in [5.74, 6) is 0.306. The van der Waals surface area contributed by atoms with E-state index in [4.69, 9.17) is 4.74 Å². The lowest BCUT2D eigenvalue weighted by atomic mass is 10.1. The molecule has 4 rings (SSSR count). The third-order valence-corrected chi connectivity index (χ3v) is 4.34. The highest BCUT2D eigenvalue weighted by Gasteiger charge is 2.05. The van der Waals surface area contributed by atoms with Crippen molar-refractivity contribution < 1.29 is 9.53 Å². The van der Waals surface area contributed by atoms with Crippen molar-refractivity contribution in [3.63, 3.8) is 0 Å². The molecule has 0 spiro atoms. The SMILES string of the molecule is C/C(=N\NC(=O)COc1ccc2ccccc2c1)c1ccc(-n2cnnn2)cc1. The number of carbonyl (C=O) groups is 1. The molecule has 1 aromatic heterocycles. The summed E-state index contributed by atoms with van der Waals surface area (Å²) in [5.41, 5.74) is 4.90. The molecule has 4 aromatic rings. The first-order valence-corrected chi connectivity index (χ1v) is 8.97. The fourth-order valence-electron chi connectivity index (χ4n) is 2.78. The van der Waals surface area contributed by atoms with Gasteiger partial charge in [0.1, 0.15) is 12.1 Å². The van der Waals surface area contributed by atoms with Gasteiger partial charge in [0.05, 0.1) is 11.4 Å². The molecule has 29 heavy (non-hydrogen) atoms. The van der Waals surface area contributed by atoms with E-state index in [9.17, 15) is 4.79 Å². The van der Waals surface area contributed by atoms with E-state index in [0.717, 1.165) is 22.0 Å². The maximum absolute atomic E-state index is 12.1. The van der Waals surface area contributed by atoms with Gasteiger partial charge >= 0.3 is 0 Å². The molecule has 0 fully saturated rings. The zero-order chi connectivity index (χ0) is 20.1. The predicted octanol–water partition coefficient (Wildman–Crippen LogP) is 2.73. The largest absolute Gasteiger partial charge is 0.484 e. The van der Waals surface area contributed by atoms with Crippen LogP contribution in [0.25, 0.3) is 16.5 Å². The summed E-state index contributed by atoms with van der Waals surface area (Å²) < 4.78 is 7.13. The van der Waals surface area contributed by atoms with Crippen LogP contribution in [0.1, 0.15) is 12.5 Å². The van der Waals surface area contributed by atoms with E-state index >= 15 is 0 Å². The van der Waals surface area contributed by atoms with Crippen molar-refractivity contribution >= 4 is 22.4 Å². The van der Waals surface area contributed by atoms with Crippen molar-refractivity contribution in [2.75, 3.05) is 6.61 Å². The summed E-state index contributed by atoms with van der Waals surface area (Å²) in [4.78, 5) is 12.1. The first-order chi connectivity index (χ1) is 14.2. The summed E-state index contributed by atoms with van der Waals surface area (Å²) in [6.45, 7) is 1.70. The van der Waals surface area contributed by atoms with Gasteiger partial charge < -0.3 is 4.74 Å². The normalized spacial score (nSPS) is 11.4. The van der Waals surface area contributed by atoms with Crippen LogP contribution in [0, 0.1) is 0 Å². The van der Waals surface area contributed by atoms with Crippen LogP contribution in [0.5, 0.6) is 5.75 Å². The molecule has 0 atom stereocenters. The number of amides is 1. The zero-order valence-electron chi connectivity index (χ0n) is 15.7. The van der Waals surface area contributed by atoms with Gasteiger partial charge in [-0.1, -0.05) is 42.5 Å². The Hall–Kier alpha value is -4.07. The smallest absolute Gasteiger partial charge is 0.277 e. The number of nitrogens with one attached hydrogen (secondary N) is 1. The average molecular weight is 386 g/mol. The Balaban J connectivity index is 1.33. The molecule has 0 aliphatic rings. The number of hydrogen-bond acceptors (Lipinski definition) is 6. The van der Waals surface area contributed by atoms with Crippen molar-refractivity contribution in [3.05, 3.63) is 78.6 Å². The summed E-state index contributed by atoms with van der Waals surface area (Å²) in [6, 6.07) is 21.2. The first kappa shape index (κ1) is 18.3. The number of rotatable bonds is 6. The quantitative estimate of drug-likeness (QED) is 0.406. The van der Waals surface area contributed by atoms with E-state index in [-0.39, 0.29) is 12.5 Å². The molecule has 0 bridgehead atoms. The minimum Gasteiger partial charge on any atom is -0.484 e. The molecule has 0 radical (unpaired) electrons. The lowest BCUT2D eigenvalue weighted by Crippen LogP contribution is -2.25. The number of nitrogens with zero attached hydrogens (tertiary/aromatic N) is 5. The Kier molecular flexibility index (Phi) is 5.24. The van der Waals surface area contributed by atoms with Crippen molar-refractivity contribution in [1.29, 1.82) is 0 Å². The van der Waals surface area contributed by atoms with Crippen molar-refractivity contribution in [2.24, 2.45) is 5.10 Å². The van der Waals surface area contributed by atoms with Crippen LogP contribution < -0.4 is 10.2 Å². The van der Waals surface area contributed by atoms with Gasteiger partial charge in [0, 0.05) is 0 Å². The molecule has 1 heterocycles. The topological polar surface area (TPSA) is 94.3 Å². The molecule has 0 saturated carbocycles. The minimum absolute atomic E-state index is 0.118. The van der Waals surface area contributed by atoms with Gasteiger partial charge in [-0.3, -0.25) is 4.79 Å². The number of carbonyl (C=O) groups excluding carboxylic acids is 1.